The van der Waals surface area contributed by atoms with E-state index in [4.69, 9.17) is 0 Å². The second kappa shape index (κ2) is 8.40. The van der Waals surface area contributed by atoms with Gasteiger partial charge in [-0.25, -0.2) is 4.90 Å². The van der Waals surface area contributed by atoms with Gasteiger partial charge in [-0.15, -0.1) is 0 Å². The van der Waals surface area contributed by atoms with Crippen LogP contribution in [0.3, 0.4) is 0 Å². The van der Waals surface area contributed by atoms with E-state index in [0.717, 1.165) is 21.4 Å². The monoisotopic (exact) mass is 374 g/mol. The van der Waals surface area contributed by atoms with Gasteiger partial charge >= 0.3 is 0 Å². The van der Waals surface area contributed by atoms with Crippen LogP contribution in [-0.2, 0) is 18.3 Å². The maximum atomic E-state index is 13.0. The van der Waals surface area contributed by atoms with Crippen LogP contribution < -0.4 is 5.32 Å². The fourth-order valence-corrected chi connectivity index (χ4v) is 3.25. The standard InChI is InChI=1S/C22H22N4O2/c1-3-26(15-23)22(28)18(13-16-9-5-4-6-10-16)24-21(27)20-14-17-11-7-8-12-19(17)25(20)2/h4-12,14,18H,3,13H2,1-2H3,(H,24,27). The number of hydrogen-bond donors (Lipinski definition) is 1. The first-order valence-electron chi connectivity index (χ1n) is 9.15. The number of benzene rings is 2. The van der Waals surface area contributed by atoms with Crippen molar-refractivity contribution < 1.29 is 9.59 Å². The number of nitrogens with zero attached hydrogens (tertiary/aromatic N) is 3. The molecule has 142 valence electrons. The number of rotatable bonds is 6. The zero-order chi connectivity index (χ0) is 20.1. The number of fused-ring (bicyclic) bond motifs is 1. The van der Waals surface area contributed by atoms with Crippen molar-refractivity contribution in [3.8, 4) is 6.19 Å². The Bertz CT molecular complexity index is 1030. The molecule has 0 saturated heterocycles. The van der Waals surface area contributed by atoms with Crippen LogP contribution in [0.1, 0.15) is 23.0 Å². The molecule has 6 nitrogen and oxygen atoms in total. The van der Waals surface area contributed by atoms with Crippen LogP contribution in [0.2, 0.25) is 0 Å². The summed E-state index contributed by atoms with van der Waals surface area (Å²) in [4.78, 5) is 26.8. The highest BCUT2D eigenvalue weighted by molar-refractivity contribution is 6.01. The Hall–Kier alpha value is -3.59. The van der Waals surface area contributed by atoms with Crippen molar-refractivity contribution >= 4 is 22.7 Å². The molecule has 0 fully saturated rings. The molecule has 1 N–H and O–H groups in total. The van der Waals surface area contributed by atoms with Crippen LogP contribution in [0.15, 0.2) is 60.7 Å². The lowest BCUT2D eigenvalue weighted by atomic mass is 10.0. The van der Waals surface area contributed by atoms with E-state index in [1.165, 1.54) is 0 Å². The average Bonchev–Trinajstić information content (AvgIpc) is 3.06. The number of aryl methyl sites for hydroxylation is 1. The van der Waals surface area contributed by atoms with Crippen molar-refractivity contribution in [3.05, 3.63) is 71.9 Å². The summed E-state index contributed by atoms with van der Waals surface area (Å²) >= 11 is 0. The first-order chi connectivity index (χ1) is 13.5. The molecule has 2 amide bonds. The van der Waals surface area contributed by atoms with Gasteiger partial charge in [-0.05, 0) is 24.6 Å². The third-order valence-corrected chi connectivity index (χ3v) is 4.77. The van der Waals surface area contributed by atoms with Gasteiger partial charge in [-0.3, -0.25) is 9.59 Å². The van der Waals surface area contributed by atoms with Gasteiger partial charge in [0.15, 0.2) is 6.19 Å². The molecule has 0 bridgehead atoms. The van der Waals surface area contributed by atoms with Gasteiger partial charge in [-0.2, -0.15) is 5.26 Å². The summed E-state index contributed by atoms with van der Waals surface area (Å²) in [6.45, 7) is 1.98. The van der Waals surface area contributed by atoms with Crippen LogP contribution in [0.5, 0.6) is 0 Å². The van der Waals surface area contributed by atoms with Crippen LogP contribution in [0.25, 0.3) is 10.9 Å². The Balaban J connectivity index is 1.89. The summed E-state index contributed by atoms with van der Waals surface area (Å²) in [6.07, 6.45) is 2.20. The Kier molecular flexibility index (Phi) is 5.75. The van der Waals surface area contributed by atoms with E-state index in [1.54, 1.807) is 17.6 Å². The molecular weight excluding hydrogens is 352 g/mol. The molecule has 1 atom stereocenters. The van der Waals surface area contributed by atoms with Crippen LogP contribution in [0, 0.1) is 11.5 Å². The predicted octanol–water partition coefficient (Wildman–Crippen LogP) is 2.85. The average molecular weight is 374 g/mol. The lowest BCUT2D eigenvalue weighted by Crippen LogP contribution is -2.48. The molecule has 0 spiro atoms. The first kappa shape index (κ1) is 19.2. The lowest BCUT2D eigenvalue weighted by molar-refractivity contribution is -0.130. The minimum atomic E-state index is -0.826. The number of aromatic nitrogens is 1. The lowest BCUT2D eigenvalue weighted by Gasteiger charge is -2.22. The smallest absolute Gasteiger partial charge is 0.268 e. The van der Waals surface area contributed by atoms with Crippen molar-refractivity contribution in [1.29, 1.82) is 5.26 Å². The van der Waals surface area contributed by atoms with E-state index in [0.29, 0.717) is 12.1 Å². The van der Waals surface area contributed by atoms with Crippen molar-refractivity contribution in [1.82, 2.24) is 14.8 Å². The van der Waals surface area contributed by atoms with E-state index < -0.39 is 11.9 Å². The topological polar surface area (TPSA) is 78.1 Å². The SMILES string of the molecule is CCN(C#N)C(=O)C(Cc1ccccc1)NC(=O)c1cc2ccccc2n1C. The Morgan fingerprint density at radius 3 is 2.46 bits per heavy atom. The van der Waals surface area contributed by atoms with Crippen molar-refractivity contribution in [3.63, 3.8) is 0 Å². The molecule has 0 radical (unpaired) electrons. The highest BCUT2D eigenvalue weighted by Gasteiger charge is 2.27. The fourth-order valence-electron chi connectivity index (χ4n) is 3.25. The first-order valence-corrected chi connectivity index (χ1v) is 9.15. The van der Waals surface area contributed by atoms with Gasteiger partial charge in [0.25, 0.3) is 11.8 Å². The Morgan fingerprint density at radius 2 is 1.82 bits per heavy atom. The van der Waals surface area contributed by atoms with Crippen molar-refractivity contribution in [2.75, 3.05) is 6.54 Å². The number of carbonyl (C=O) groups excluding carboxylic acids is 2. The van der Waals surface area contributed by atoms with E-state index in [1.807, 2.05) is 67.8 Å². The zero-order valence-corrected chi connectivity index (χ0v) is 15.9. The number of nitrogens with one attached hydrogen (secondary N) is 1. The predicted molar refractivity (Wildman–Crippen MR) is 107 cm³/mol. The summed E-state index contributed by atoms with van der Waals surface area (Å²) in [5, 5.41) is 13.0. The van der Waals surface area contributed by atoms with Crippen molar-refractivity contribution in [2.45, 2.75) is 19.4 Å². The molecular formula is C22H22N4O2. The molecule has 0 saturated carbocycles. The van der Waals surface area contributed by atoms with E-state index >= 15 is 0 Å². The van der Waals surface area contributed by atoms with E-state index in [9.17, 15) is 14.9 Å². The minimum Gasteiger partial charge on any atom is -0.340 e. The Labute approximate surface area is 164 Å². The van der Waals surface area contributed by atoms with E-state index in [-0.39, 0.29) is 12.5 Å². The Morgan fingerprint density at radius 1 is 1.14 bits per heavy atom. The molecule has 3 aromatic rings. The summed E-state index contributed by atoms with van der Waals surface area (Å²) in [6, 6.07) is 18.1. The maximum Gasteiger partial charge on any atom is 0.268 e. The van der Waals surface area contributed by atoms with Gasteiger partial charge < -0.3 is 9.88 Å². The third-order valence-electron chi connectivity index (χ3n) is 4.77. The van der Waals surface area contributed by atoms with Gasteiger partial charge in [0.1, 0.15) is 11.7 Å². The van der Waals surface area contributed by atoms with Crippen LogP contribution >= 0.6 is 0 Å². The quantitative estimate of drug-likeness (QED) is 0.532. The molecule has 0 aliphatic carbocycles. The fraction of sp³-hybridized carbons (Fsp3) is 0.227. The maximum absolute atomic E-state index is 13.0. The van der Waals surface area contributed by atoms with Gasteiger partial charge in [0, 0.05) is 30.9 Å². The number of nitriles is 1. The number of hydrogen-bond acceptors (Lipinski definition) is 3. The summed E-state index contributed by atoms with van der Waals surface area (Å²) < 4.78 is 1.80. The normalized spacial score (nSPS) is 11.6. The van der Waals surface area contributed by atoms with Crippen LogP contribution in [0.4, 0.5) is 0 Å². The number of likely N-dealkylation sites (N-methyl/N-ethyl adjacent to an activating group) is 1. The molecule has 1 aromatic heterocycles. The van der Waals surface area contributed by atoms with Gasteiger partial charge in [-0.1, -0.05) is 48.5 Å². The highest BCUT2D eigenvalue weighted by Crippen LogP contribution is 2.18. The molecule has 3 rings (SSSR count). The zero-order valence-electron chi connectivity index (χ0n) is 15.9. The third kappa shape index (κ3) is 3.89. The molecule has 0 aliphatic rings. The van der Waals surface area contributed by atoms with E-state index in [2.05, 4.69) is 5.32 Å². The highest BCUT2D eigenvalue weighted by atomic mass is 16.2. The largest absolute Gasteiger partial charge is 0.340 e. The van der Waals surface area contributed by atoms with Crippen LogP contribution in [-0.4, -0.2) is 33.9 Å². The molecule has 2 aromatic carbocycles. The van der Waals surface area contributed by atoms with Gasteiger partial charge in [0.2, 0.25) is 0 Å². The second-order valence-electron chi connectivity index (χ2n) is 6.55. The number of carbonyl (C=O) groups is 2. The number of amides is 2. The molecule has 1 unspecified atom stereocenters. The summed E-state index contributed by atoms with van der Waals surface area (Å²) in [5.41, 5.74) is 2.31. The molecule has 1 heterocycles. The summed E-state index contributed by atoms with van der Waals surface area (Å²) in [5.74, 6) is -0.761. The van der Waals surface area contributed by atoms with Gasteiger partial charge in [0.05, 0.1) is 0 Å². The summed E-state index contributed by atoms with van der Waals surface area (Å²) in [7, 11) is 1.82. The molecule has 28 heavy (non-hydrogen) atoms. The second-order valence-corrected chi connectivity index (χ2v) is 6.55. The number of para-hydroxylation sites is 1. The molecule has 6 heteroatoms. The molecule has 0 aliphatic heterocycles. The minimum absolute atomic E-state index is 0.254. The van der Waals surface area contributed by atoms with Crippen molar-refractivity contribution in [2.24, 2.45) is 7.05 Å².